The van der Waals surface area contributed by atoms with Crippen LogP contribution in [0.25, 0.3) is 0 Å². The summed E-state index contributed by atoms with van der Waals surface area (Å²) in [6, 6.07) is 0. The Hall–Kier alpha value is -0.640. The molecule has 9 heteroatoms. The van der Waals surface area contributed by atoms with E-state index in [-0.39, 0.29) is 5.97 Å². The summed E-state index contributed by atoms with van der Waals surface area (Å²) >= 11 is 8.61. The van der Waals surface area contributed by atoms with Crippen molar-refractivity contribution < 1.29 is 9.53 Å². The molecular weight excluding hydrogens is 460 g/mol. The average Bonchev–Trinajstić information content (AvgIpc) is 3.22. The van der Waals surface area contributed by atoms with Crippen molar-refractivity contribution in [3.8, 4) is 0 Å². The van der Waals surface area contributed by atoms with Gasteiger partial charge < -0.3 is 10.5 Å². The van der Waals surface area contributed by atoms with Crippen LogP contribution in [0.5, 0.6) is 0 Å². The van der Waals surface area contributed by atoms with Crippen molar-refractivity contribution in [2.75, 3.05) is 12.4 Å². The fourth-order valence-electron chi connectivity index (χ4n) is 3.13. The highest BCUT2D eigenvalue weighted by Crippen LogP contribution is 2.32. The van der Waals surface area contributed by atoms with E-state index in [0.29, 0.717) is 26.1 Å². The molecule has 6 nitrogen and oxygen atoms in total. The standard InChI is InChI=1S/C23H42N4O2S3/c1-4-5-6-7-8-9-10-11-12-13-17-31-22(30)32-23(2,3)21(28)29-16-14-15-27-19-20(18-24)25-26-27/h19H,4-18,24H2,1-3H3. The normalized spacial score (nSPS) is 11.6. The summed E-state index contributed by atoms with van der Waals surface area (Å²) in [6.07, 6.45) is 15.8. The largest absolute Gasteiger partial charge is 0.465 e. The monoisotopic (exact) mass is 502 g/mol. The van der Waals surface area contributed by atoms with E-state index in [1.165, 1.54) is 76.0 Å². The van der Waals surface area contributed by atoms with Gasteiger partial charge in [0, 0.05) is 25.7 Å². The Morgan fingerprint density at radius 3 is 2.31 bits per heavy atom. The van der Waals surface area contributed by atoms with Gasteiger partial charge >= 0.3 is 5.97 Å². The SMILES string of the molecule is CCCCCCCCCCCCSC(=S)SC(C)(C)C(=O)OCCCn1cc(CN)nn1. The predicted octanol–water partition coefficient (Wildman–Crippen LogP) is 6.12. The molecule has 0 bridgehead atoms. The van der Waals surface area contributed by atoms with Crippen LogP contribution in [0.3, 0.4) is 0 Å². The first kappa shape index (κ1) is 29.4. The molecule has 0 amide bonds. The maximum Gasteiger partial charge on any atom is 0.322 e. The van der Waals surface area contributed by atoms with Gasteiger partial charge in [-0.25, -0.2) is 0 Å². The Labute approximate surface area is 208 Å². The summed E-state index contributed by atoms with van der Waals surface area (Å²) in [7, 11) is 0. The van der Waals surface area contributed by atoms with E-state index in [1.807, 2.05) is 20.0 Å². The molecule has 0 aromatic carbocycles. The van der Waals surface area contributed by atoms with Crippen LogP contribution >= 0.6 is 35.7 Å². The number of aryl methyl sites for hydroxylation is 1. The number of hydrogen-bond donors (Lipinski definition) is 1. The molecule has 0 atom stereocenters. The van der Waals surface area contributed by atoms with Crippen LogP contribution in [0, 0.1) is 0 Å². The summed E-state index contributed by atoms with van der Waals surface area (Å²) in [5.74, 6) is 0.793. The van der Waals surface area contributed by atoms with Gasteiger partial charge in [-0.05, 0) is 26.0 Å². The van der Waals surface area contributed by atoms with E-state index in [1.54, 1.807) is 16.4 Å². The molecule has 2 N–H and O–H groups in total. The zero-order valence-electron chi connectivity index (χ0n) is 20.1. The molecule has 1 rings (SSSR count). The van der Waals surface area contributed by atoms with Crippen molar-refractivity contribution in [3.05, 3.63) is 11.9 Å². The van der Waals surface area contributed by atoms with E-state index < -0.39 is 4.75 Å². The van der Waals surface area contributed by atoms with Crippen LogP contribution in [0.15, 0.2) is 6.20 Å². The lowest BCUT2D eigenvalue weighted by atomic mass is 10.1. The highest BCUT2D eigenvalue weighted by atomic mass is 32.2. The quantitative estimate of drug-likeness (QED) is 0.146. The Balaban J connectivity index is 2.06. The van der Waals surface area contributed by atoms with Gasteiger partial charge in [-0.3, -0.25) is 9.48 Å². The van der Waals surface area contributed by atoms with Gasteiger partial charge in [0.2, 0.25) is 0 Å². The number of rotatable bonds is 18. The summed E-state index contributed by atoms with van der Waals surface area (Å²) in [5.41, 5.74) is 6.28. The molecule has 0 aliphatic carbocycles. The number of esters is 1. The maximum absolute atomic E-state index is 12.5. The summed E-state index contributed by atoms with van der Waals surface area (Å²) in [6.45, 7) is 7.37. The van der Waals surface area contributed by atoms with E-state index >= 15 is 0 Å². The fourth-order valence-corrected chi connectivity index (χ4v) is 6.19. The number of aromatic nitrogens is 3. The van der Waals surface area contributed by atoms with Gasteiger partial charge in [0.05, 0.1) is 12.3 Å². The van der Waals surface area contributed by atoms with Gasteiger partial charge in [0.15, 0.2) is 0 Å². The Bertz CT molecular complexity index is 653. The summed E-state index contributed by atoms with van der Waals surface area (Å²) < 4.78 is 7.32. The van der Waals surface area contributed by atoms with Crippen molar-refractivity contribution in [3.63, 3.8) is 0 Å². The Kier molecular flexibility index (Phi) is 16.3. The topological polar surface area (TPSA) is 83.0 Å². The van der Waals surface area contributed by atoms with E-state index in [9.17, 15) is 4.79 Å². The van der Waals surface area contributed by atoms with Crippen molar-refractivity contribution >= 4 is 45.2 Å². The molecule has 0 radical (unpaired) electrons. The van der Waals surface area contributed by atoms with Crippen LogP contribution in [0.2, 0.25) is 0 Å². The molecule has 1 aromatic heterocycles. The van der Waals surface area contributed by atoms with Gasteiger partial charge in [-0.2, -0.15) is 0 Å². The fraction of sp³-hybridized carbons (Fsp3) is 0.826. The number of hydrogen-bond acceptors (Lipinski definition) is 8. The third kappa shape index (κ3) is 13.8. The molecule has 32 heavy (non-hydrogen) atoms. The van der Waals surface area contributed by atoms with Crippen LogP contribution in [-0.2, 0) is 22.6 Å². The lowest BCUT2D eigenvalue weighted by Crippen LogP contribution is -2.31. The second-order valence-corrected chi connectivity index (χ2v) is 12.5. The van der Waals surface area contributed by atoms with Gasteiger partial charge in [-0.15, -0.1) is 16.9 Å². The molecule has 0 unspecified atom stereocenters. The van der Waals surface area contributed by atoms with E-state index in [0.717, 1.165) is 15.0 Å². The first-order chi connectivity index (χ1) is 15.4. The minimum atomic E-state index is -0.679. The molecular formula is C23H42N4O2S3. The second-order valence-electron chi connectivity index (χ2n) is 8.56. The molecule has 0 spiro atoms. The van der Waals surface area contributed by atoms with Crippen molar-refractivity contribution in [1.82, 2.24) is 15.0 Å². The molecule has 0 fully saturated rings. The number of ether oxygens (including phenoxy) is 1. The minimum absolute atomic E-state index is 0.231. The maximum atomic E-state index is 12.5. The van der Waals surface area contributed by atoms with Gasteiger partial charge in [0.1, 0.15) is 8.28 Å². The third-order valence-electron chi connectivity index (χ3n) is 5.11. The van der Waals surface area contributed by atoms with Crippen LogP contribution in [0.1, 0.15) is 97.1 Å². The number of carbonyl (C=O) groups is 1. The number of carbonyl (C=O) groups excluding carboxylic acids is 1. The van der Waals surface area contributed by atoms with Crippen LogP contribution < -0.4 is 5.73 Å². The Morgan fingerprint density at radius 2 is 1.72 bits per heavy atom. The highest BCUT2D eigenvalue weighted by molar-refractivity contribution is 8.47. The van der Waals surface area contributed by atoms with Crippen molar-refractivity contribution in [2.45, 2.75) is 109 Å². The molecule has 0 saturated carbocycles. The number of thiocarbonyl (C=S) groups is 1. The van der Waals surface area contributed by atoms with Gasteiger partial charge in [-0.1, -0.05) is 93.9 Å². The Morgan fingerprint density at radius 1 is 1.09 bits per heavy atom. The lowest BCUT2D eigenvalue weighted by molar-refractivity contribution is -0.145. The molecule has 1 heterocycles. The zero-order valence-corrected chi connectivity index (χ0v) is 22.6. The number of nitrogens with two attached hydrogens (primary N) is 1. The van der Waals surface area contributed by atoms with Crippen LogP contribution in [-0.4, -0.2) is 41.6 Å². The first-order valence-electron chi connectivity index (χ1n) is 12.0. The second kappa shape index (κ2) is 17.8. The summed E-state index contributed by atoms with van der Waals surface area (Å²) in [5, 5.41) is 7.93. The molecule has 0 aliphatic rings. The van der Waals surface area contributed by atoms with Crippen LogP contribution in [0.4, 0.5) is 0 Å². The zero-order chi connectivity index (χ0) is 23.7. The predicted molar refractivity (Wildman–Crippen MR) is 142 cm³/mol. The minimum Gasteiger partial charge on any atom is -0.465 e. The van der Waals surface area contributed by atoms with Gasteiger partial charge in [0.25, 0.3) is 0 Å². The van der Waals surface area contributed by atoms with Crippen molar-refractivity contribution in [1.29, 1.82) is 0 Å². The first-order valence-corrected chi connectivity index (χ1v) is 14.2. The van der Waals surface area contributed by atoms with E-state index in [4.69, 9.17) is 22.7 Å². The lowest BCUT2D eigenvalue weighted by Gasteiger charge is -2.22. The van der Waals surface area contributed by atoms with E-state index in [2.05, 4.69) is 17.2 Å². The summed E-state index contributed by atoms with van der Waals surface area (Å²) in [4.78, 5) is 12.5. The molecule has 0 aliphatic heterocycles. The average molecular weight is 503 g/mol. The smallest absolute Gasteiger partial charge is 0.322 e. The third-order valence-corrected chi connectivity index (χ3v) is 7.89. The molecule has 0 saturated heterocycles. The van der Waals surface area contributed by atoms with Crippen molar-refractivity contribution in [2.24, 2.45) is 5.73 Å². The molecule has 184 valence electrons. The number of nitrogens with zero attached hydrogens (tertiary/aromatic N) is 3. The highest BCUT2D eigenvalue weighted by Gasteiger charge is 2.31. The molecule has 1 aromatic rings. The number of thioether (sulfide) groups is 2. The number of unbranched alkanes of at least 4 members (excludes halogenated alkanes) is 9.